The number of rotatable bonds is 7. The highest BCUT2D eigenvalue weighted by Crippen LogP contribution is 2.16. The first kappa shape index (κ1) is 18.8. The van der Waals surface area contributed by atoms with Crippen LogP contribution in [0.15, 0.2) is 29.3 Å². The van der Waals surface area contributed by atoms with E-state index >= 15 is 0 Å². The van der Waals surface area contributed by atoms with Crippen LogP contribution in [-0.4, -0.2) is 43.6 Å². The second-order valence-corrected chi connectivity index (χ2v) is 6.87. The molecule has 2 rings (SSSR count). The predicted octanol–water partition coefficient (Wildman–Crippen LogP) is 3.31. The fourth-order valence-corrected chi connectivity index (χ4v) is 3.34. The van der Waals surface area contributed by atoms with Crippen molar-refractivity contribution in [3.05, 3.63) is 35.4 Å². The number of benzene rings is 1. The minimum Gasteiger partial charge on any atom is -0.356 e. The van der Waals surface area contributed by atoms with Crippen LogP contribution in [0, 0.1) is 6.92 Å². The van der Waals surface area contributed by atoms with Crippen molar-refractivity contribution in [2.75, 3.05) is 26.7 Å². The summed E-state index contributed by atoms with van der Waals surface area (Å²) in [5.41, 5.74) is 2.63. The first-order valence-corrected chi connectivity index (χ1v) is 9.44. The number of hydrogen-bond donors (Lipinski definition) is 2. The van der Waals surface area contributed by atoms with Crippen molar-refractivity contribution in [3.63, 3.8) is 0 Å². The van der Waals surface area contributed by atoms with Gasteiger partial charge in [-0.15, -0.1) is 0 Å². The van der Waals surface area contributed by atoms with Gasteiger partial charge in [-0.05, 0) is 63.7 Å². The summed E-state index contributed by atoms with van der Waals surface area (Å²) in [6.45, 7) is 8.84. The Morgan fingerprint density at radius 2 is 2.04 bits per heavy atom. The van der Waals surface area contributed by atoms with Crippen molar-refractivity contribution < 1.29 is 0 Å². The Labute approximate surface area is 147 Å². The van der Waals surface area contributed by atoms with E-state index in [0.29, 0.717) is 0 Å². The Bertz CT molecular complexity index is 512. The molecule has 0 aromatic heterocycles. The zero-order valence-electron chi connectivity index (χ0n) is 15.6. The van der Waals surface area contributed by atoms with Crippen LogP contribution in [0.1, 0.15) is 50.2 Å². The fraction of sp³-hybridized carbons (Fsp3) is 0.650. The smallest absolute Gasteiger partial charge is 0.191 e. The predicted molar refractivity (Wildman–Crippen MR) is 104 cm³/mol. The van der Waals surface area contributed by atoms with E-state index in [1.807, 2.05) is 7.05 Å². The molecule has 1 heterocycles. The Hall–Kier alpha value is -1.55. The third-order valence-corrected chi connectivity index (χ3v) is 5.04. The molecule has 0 bridgehead atoms. The Morgan fingerprint density at radius 3 is 2.79 bits per heavy atom. The maximum Gasteiger partial charge on any atom is 0.191 e. The summed E-state index contributed by atoms with van der Waals surface area (Å²) in [5.74, 6) is 0.893. The minimum absolute atomic E-state index is 0.773. The Kier molecular flexibility index (Phi) is 8.10. The molecular formula is C20H34N4. The molecule has 1 unspecified atom stereocenters. The minimum atomic E-state index is 0.773. The lowest BCUT2D eigenvalue weighted by atomic mass is 10.0. The van der Waals surface area contributed by atoms with E-state index in [0.717, 1.165) is 25.1 Å². The van der Waals surface area contributed by atoms with Crippen LogP contribution in [0.2, 0.25) is 0 Å². The molecule has 4 nitrogen and oxygen atoms in total. The first-order valence-electron chi connectivity index (χ1n) is 9.44. The highest BCUT2D eigenvalue weighted by atomic mass is 15.2. The summed E-state index contributed by atoms with van der Waals surface area (Å²) in [6.07, 6.45) is 6.59. The monoisotopic (exact) mass is 330 g/mol. The summed E-state index contributed by atoms with van der Waals surface area (Å²) in [5, 5.41) is 6.83. The summed E-state index contributed by atoms with van der Waals surface area (Å²) in [4.78, 5) is 6.96. The zero-order valence-corrected chi connectivity index (χ0v) is 15.6. The summed E-state index contributed by atoms with van der Waals surface area (Å²) < 4.78 is 0. The van der Waals surface area contributed by atoms with E-state index in [1.54, 1.807) is 0 Å². The van der Waals surface area contributed by atoms with Gasteiger partial charge in [0.1, 0.15) is 0 Å². The van der Waals surface area contributed by atoms with Crippen LogP contribution in [0.4, 0.5) is 0 Å². The number of aliphatic imine (C=N–C) groups is 1. The quantitative estimate of drug-likeness (QED) is 0.458. The van der Waals surface area contributed by atoms with Crippen molar-refractivity contribution in [3.8, 4) is 0 Å². The number of nitrogens with zero attached hydrogens (tertiary/aromatic N) is 2. The zero-order chi connectivity index (χ0) is 17.2. The third kappa shape index (κ3) is 6.16. The van der Waals surface area contributed by atoms with Gasteiger partial charge in [-0.1, -0.05) is 30.7 Å². The van der Waals surface area contributed by atoms with Gasteiger partial charge in [0.05, 0.1) is 0 Å². The second-order valence-electron chi connectivity index (χ2n) is 6.87. The second kappa shape index (κ2) is 10.3. The van der Waals surface area contributed by atoms with E-state index < -0.39 is 0 Å². The lowest BCUT2D eigenvalue weighted by Crippen LogP contribution is -2.39. The average molecular weight is 331 g/mol. The van der Waals surface area contributed by atoms with Crippen molar-refractivity contribution in [2.24, 2.45) is 4.99 Å². The van der Waals surface area contributed by atoms with Gasteiger partial charge < -0.3 is 15.5 Å². The van der Waals surface area contributed by atoms with Crippen LogP contribution in [0.5, 0.6) is 0 Å². The molecule has 24 heavy (non-hydrogen) atoms. The maximum atomic E-state index is 4.32. The number of guanidine groups is 1. The molecular weight excluding hydrogens is 296 g/mol. The molecule has 1 aromatic carbocycles. The van der Waals surface area contributed by atoms with Gasteiger partial charge >= 0.3 is 0 Å². The average Bonchev–Trinajstić information content (AvgIpc) is 2.60. The Balaban J connectivity index is 1.61. The molecule has 0 spiro atoms. The molecule has 2 N–H and O–H groups in total. The number of unbranched alkanes of at least 4 members (excludes halogenated alkanes) is 1. The SMILES string of the molecule is CN=C(NCCCCN1CCCCC1C)NCc1ccccc1C. The molecule has 134 valence electrons. The standard InChI is InChI=1S/C20H34N4/c1-17-10-4-5-12-19(17)16-23-20(21-3)22-13-7-9-15-24-14-8-6-11-18(24)2/h4-5,10,12,18H,6-9,11,13-16H2,1-3H3,(H2,21,22,23). The van der Waals surface area contributed by atoms with Crippen molar-refractivity contribution in [1.82, 2.24) is 15.5 Å². The van der Waals surface area contributed by atoms with E-state index in [1.165, 1.54) is 56.3 Å². The van der Waals surface area contributed by atoms with Gasteiger partial charge in [0.25, 0.3) is 0 Å². The summed E-state index contributed by atoms with van der Waals surface area (Å²) >= 11 is 0. The van der Waals surface area contributed by atoms with Gasteiger partial charge in [0, 0.05) is 26.2 Å². The number of aryl methyl sites for hydroxylation is 1. The van der Waals surface area contributed by atoms with E-state index in [2.05, 4.69) is 58.6 Å². The summed E-state index contributed by atoms with van der Waals surface area (Å²) in [6, 6.07) is 9.25. The largest absolute Gasteiger partial charge is 0.356 e. The van der Waals surface area contributed by atoms with E-state index in [-0.39, 0.29) is 0 Å². The lowest BCUT2D eigenvalue weighted by Gasteiger charge is -2.33. The van der Waals surface area contributed by atoms with E-state index in [9.17, 15) is 0 Å². The van der Waals surface area contributed by atoms with E-state index in [4.69, 9.17) is 0 Å². The third-order valence-electron chi connectivity index (χ3n) is 5.04. The molecule has 1 saturated heterocycles. The van der Waals surface area contributed by atoms with Crippen LogP contribution < -0.4 is 10.6 Å². The molecule has 1 aromatic rings. The Morgan fingerprint density at radius 1 is 1.21 bits per heavy atom. The molecule has 0 saturated carbocycles. The first-order chi connectivity index (χ1) is 11.7. The van der Waals surface area contributed by atoms with Gasteiger partial charge in [0.2, 0.25) is 0 Å². The van der Waals surface area contributed by atoms with Crippen LogP contribution in [-0.2, 0) is 6.54 Å². The molecule has 1 aliphatic rings. The van der Waals surface area contributed by atoms with Crippen molar-refractivity contribution >= 4 is 5.96 Å². The highest BCUT2D eigenvalue weighted by molar-refractivity contribution is 5.79. The molecule has 0 amide bonds. The van der Waals surface area contributed by atoms with Crippen LogP contribution >= 0.6 is 0 Å². The molecule has 1 fully saturated rings. The van der Waals surface area contributed by atoms with Gasteiger partial charge in [-0.3, -0.25) is 4.99 Å². The number of piperidine rings is 1. The number of likely N-dealkylation sites (tertiary alicyclic amines) is 1. The van der Waals surface area contributed by atoms with Crippen LogP contribution in [0.3, 0.4) is 0 Å². The van der Waals surface area contributed by atoms with Gasteiger partial charge in [0.15, 0.2) is 5.96 Å². The molecule has 0 radical (unpaired) electrons. The molecule has 1 aliphatic heterocycles. The number of hydrogen-bond acceptors (Lipinski definition) is 2. The summed E-state index contributed by atoms with van der Waals surface area (Å²) in [7, 11) is 1.84. The van der Waals surface area contributed by atoms with Crippen molar-refractivity contribution in [1.29, 1.82) is 0 Å². The van der Waals surface area contributed by atoms with Crippen LogP contribution in [0.25, 0.3) is 0 Å². The molecule has 1 atom stereocenters. The van der Waals surface area contributed by atoms with Gasteiger partial charge in [-0.25, -0.2) is 0 Å². The topological polar surface area (TPSA) is 39.7 Å². The fourth-order valence-electron chi connectivity index (χ4n) is 3.34. The molecule has 0 aliphatic carbocycles. The van der Waals surface area contributed by atoms with Gasteiger partial charge in [-0.2, -0.15) is 0 Å². The normalized spacial score (nSPS) is 19.3. The van der Waals surface area contributed by atoms with Crippen molar-refractivity contribution in [2.45, 2.75) is 58.5 Å². The number of nitrogens with one attached hydrogen (secondary N) is 2. The lowest BCUT2D eigenvalue weighted by molar-refractivity contribution is 0.158. The maximum absolute atomic E-state index is 4.32. The highest BCUT2D eigenvalue weighted by Gasteiger charge is 2.16. The molecule has 4 heteroatoms.